The van der Waals surface area contributed by atoms with Crippen molar-refractivity contribution < 1.29 is 14.7 Å². The zero-order valence-electron chi connectivity index (χ0n) is 12.2. The molecule has 3 N–H and O–H groups in total. The first-order valence-electron chi connectivity index (χ1n) is 6.66. The van der Waals surface area contributed by atoms with Gasteiger partial charge in [-0.2, -0.15) is 0 Å². The number of anilines is 1. The third kappa shape index (κ3) is 5.73. The summed E-state index contributed by atoms with van der Waals surface area (Å²) < 4.78 is 0. The van der Waals surface area contributed by atoms with Crippen molar-refractivity contribution in [3.8, 4) is 0 Å². The molecule has 0 heterocycles. The zero-order valence-corrected chi connectivity index (χ0v) is 12.2. The van der Waals surface area contributed by atoms with E-state index < -0.39 is 5.97 Å². The standard InChI is InChI=1S/C15H22N2O3/c1-15(2,3)11-6-8-12(9-7-11)17-14(20)16-10-4-5-13(18)19/h6-9H,4-5,10H2,1-3H3,(H,18,19)(H2,16,17,20). The summed E-state index contributed by atoms with van der Waals surface area (Å²) in [7, 11) is 0. The summed E-state index contributed by atoms with van der Waals surface area (Å²) >= 11 is 0. The van der Waals surface area contributed by atoms with Crippen molar-refractivity contribution in [2.75, 3.05) is 11.9 Å². The van der Waals surface area contributed by atoms with Gasteiger partial charge in [0, 0.05) is 18.7 Å². The van der Waals surface area contributed by atoms with E-state index >= 15 is 0 Å². The Hall–Kier alpha value is -2.04. The van der Waals surface area contributed by atoms with Crippen LogP contribution in [0.4, 0.5) is 10.5 Å². The minimum absolute atomic E-state index is 0.0561. The summed E-state index contributed by atoms with van der Waals surface area (Å²) in [5.74, 6) is -0.857. The van der Waals surface area contributed by atoms with E-state index in [1.165, 1.54) is 5.56 Å². The maximum absolute atomic E-state index is 11.6. The van der Waals surface area contributed by atoms with Gasteiger partial charge in [0.05, 0.1) is 0 Å². The van der Waals surface area contributed by atoms with E-state index in [4.69, 9.17) is 5.11 Å². The van der Waals surface area contributed by atoms with Crippen molar-refractivity contribution in [2.24, 2.45) is 0 Å². The quantitative estimate of drug-likeness (QED) is 0.724. The minimum Gasteiger partial charge on any atom is -0.481 e. The van der Waals surface area contributed by atoms with Gasteiger partial charge in [-0.1, -0.05) is 32.9 Å². The van der Waals surface area contributed by atoms with E-state index in [1.54, 1.807) is 0 Å². The summed E-state index contributed by atoms with van der Waals surface area (Å²) in [6, 6.07) is 7.37. The van der Waals surface area contributed by atoms with Gasteiger partial charge in [-0.05, 0) is 29.5 Å². The van der Waals surface area contributed by atoms with Gasteiger partial charge in [0.2, 0.25) is 0 Å². The van der Waals surface area contributed by atoms with Crippen LogP contribution in [0.1, 0.15) is 39.2 Å². The van der Waals surface area contributed by atoms with E-state index in [2.05, 4.69) is 31.4 Å². The molecule has 0 aromatic heterocycles. The average Bonchev–Trinajstić information content (AvgIpc) is 2.34. The van der Waals surface area contributed by atoms with Crippen LogP contribution in [-0.2, 0) is 10.2 Å². The molecular weight excluding hydrogens is 256 g/mol. The van der Waals surface area contributed by atoms with Crippen LogP contribution in [0.5, 0.6) is 0 Å². The predicted molar refractivity (Wildman–Crippen MR) is 79.0 cm³/mol. The molecule has 5 nitrogen and oxygen atoms in total. The third-order valence-electron chi connectivity index (χ3n) is 2.86. The molecule has 0 unspecified atom stereocenters. The van der Waals surface area contributed by atoms with E-state index in [1.807, 2.05) is 24.3 Å². The number of benzene rings is 1. The number of amides is 2. The van der Waals surface area contributed by atoms with Gasteiger partial charge in [-0.15, -0.1) is 0 Å². The SMILES string of the molecule is CC(C)(C)c1ccc(NC(=O)NCCCC(=O)O)cc1. The molecule has 5 heteroatoms. The summed E-state index contributed by atoms with van der Waals surface area (Å²) in [6.07, 6.45) is 0.478. The molecule has 0 aliphatic heterocycles. The van der Waals surface area contributed by atoms with Gasteiger partial charge in [0.1, 0.15) is 0 Å². The molecule has 1 aromatic carbocycles. The van der Waals surface area contributed by atoms with Gasteiger partial charge in [-0.3, -0.25) is 4.79 Å². The lowest BCUT2D eigenvalue weighted by Crippen LogP contribution is -2.29. The molecule has 1 aromatic rings. The van der Waals surface area contributed by atoms with Gasteiger partial charge < -0.3 is 15.7 Å². The van der Waals surface area contributed by atoms with Gasteiger partial charge in [-0.25, -0.2) is 4.79 Å². The number of carboxylic acids is 1. The molecule has 2 amide bonds. The molecule has 0 fully saturated rings. The second-order valence-electron chi connectivity index (χ2n) is 5.71. The van der Waals surface area contributed by atoms with Crippen molar-refractivity contribution in [3.05, 3.63) is 29.8 Å². The van der Waals surface area contributed by atoms with Crippen LogP contribution in [0.15, 0.2) is 24.3 Å². The molecule has 0 aliphatic rings. The molecule has 0 saturated carbocycles. The van der Waals surface area contributed by atoms with Crippen LogP contribution >= 0.6 is 0 Å². The number of carboxylic acid groups (broad SMARTS) is 1. The second kappa shape index (κ2) is 6.93. The van der Waals surface area contributed by atoms with E-state index in [9.17, 15) is 9.59 Å². The normalized spacial score (nSPS) is 10.9. The van der Waals surface area contributed by atoms with Crippen LogP contribution in [0.2, 0.25) is 0 Å². The largest absolute Gasteiger partial charge is 0.481 e. The molecule has 110 valence electrons. The first kappa shape index (κ1) is 16.0. The fourth-order valence-electron chi connectivity index (χ4n) is 1.67. The van der Waals surface area contributed by atoms with Crippen molar-refractivity contribution >= 4 is 17.7 Å². The number of carbonyl (C=O) groups is 2. The van der Waals surface area contributed by atoms with Gasteiger partial charge in [0.25, 0.3) is 0 Å². The minimum atomic E-state index is -0.857. The van der Waals surface area contributed by atoms with E-state index in [-0.39, 0.29) is 17.9 Å². The Kier molecular flexibility index (Phi) is 5.55. The molecule has 0 bridgehead atoms. The lowest BCUT2D eigenvalue weighted by molar-refractivity contribution is -0.137. The maximum Gasteiger partial charge on any atom is 0.319 e. The van der Waals surface area contributed by atoms with Crippen molar-refractivity contribution in [1.29, 1.82) is 0 Å². The molecule has 0 saturated heterocycles. The third-order valence-corrected chi connectivity index (χ3v) is 2.86. The number of nitrogens with one attached hydrogen (secondary N) is 2. The Bertz CT molecular complexity index is 461. The topological polar surface area (TPSA) is 78.4 Å². The number of aliphatic carboxylic acids is 1. The van der Waals surface area contributed by atoms with Crippen LogP contribution in [0, 0.1) is 0 Å². The molecule has 0 aliphatic carbocycles. The lowest BCUT2D eigenvalue weighted by atomic mass is 9.87. The molecular formula is C15H22N2O3. The monoisotopic (exact) mass is 278 g/mol. The highest BCUT2D eigenvalue weighted by Gasteiger charge is 2.13. The number of hydrogen-bond donors (Lipinski definition) is 3. The molecule has 20 heavy (non-hydrogen) atoms. The summed E-state index contributed by atoms with van der Waals surface area (Å²) in [5.41, 5.74) is 2.00. The molecule has 1 rings (SSSR count). The molecule has 0 spiro atoms. The van der Waals surface area contributed by atoms with Crippen LogP contribution in [0.25, 0.3) is 0 Å². The molecule has 0 atom stereocenters. The van der Waals surface area contributed by atoms with E-state index in [0.29, 0.717) is 18.7 Å². The van der Waals surface area contributed by atoms with Crippen molar-refractivity contribution in [1.82, 2.24) is 5.32 Å². The zero-order chi connectivity index (χ0) is 15.2. The fraction of sp³-hybridized carbons (Fsp3) is 0.467. The Morgan fingerprint density at radius 2 is 1.75 bits per heavy atom. The highest BCUT2D eigenvalue weighted by atomic mass is 16.4. The van der Waals surface area contributed by atoms with Gasteiger partial charge in [0.15, 0.2) is 0 Å². The number of hydrogen-bond acceptors (Lipinski definition) is 2. The Balaban J connectivity index is 2.41. The number of urea groups is 1. The average molecular weight is 278 g/mol. The summed E-state index contributed by atoms with van der Waals surface area (Å²) in [6.45, 7) is 6.73. The van der Waals surface area contributed by atoms with E-state index in [0.717, 1.165) is 0 Å². The fourth-order valence-corrected chi connectivity index (χ4v) is 1.67. The highest BCUT2D eigenvalue weighted by molar-refractivity contribution is 5.89. The van der Waals surface area contributed by atoms with Crippen LogP contribution in [-0.4, -0.2) is 23.7 Å². The maximum atomic E-state index is 11.6. The lowest BCUT2D eigenvalue weighted by Gasteiger charge is -2.19. The Morgan fingerprint density at radius 3 is 2.25 bits per heavy atom. The smallest absolute Gasteiger partial charge is 0.319 e. The highest BCUT2D eigenvalue weighted by Crippen LogP contribution is 2.23. The van der Waals surface area contributed by atoms with Crippen LogP contribution < -0.4 is 10.6 Å². The van der Waals surface area contributed by atoms with Gasteiger partial charge >= 0.3 is 12.0 Å². The summed E-state index contributed by atoms with van der Waals surface area (Å²) in [5, 5.41) is 13.8. The summed E-state index contributed by atoms with van der Waals surface area (Å²) in [4.78, 5) is 21.9. The Morgan fingerprint density at radius 1 is 1.15 bits per heavy atom. The molecule has 0 radical (unpaired) electrons. The number of rotatable bonds is 5. The predicted octanol–water partition coefficient (Wildman–Crippen LogP) is 2.97. The van der Waals surface area contributed by atoms with Crippen molar-refractivity contribution in [3.63, 3.8) is 0 Å². The first-order valence-corrected chi connectivity index (χ1v) is 6.66. The second-order valence-corrected chi connectivity index (χ2v) is 5.71. The van der Waals surface area contributed by atoms with Crippen molar-refractivity contribution in [2.45, 2.75) is 39.0 Å². The number of carbonyl (C=O) groups excluding carboxylic acids is 1. The Labute approximate surface area is 119 Å². The first-order chi connectivity index (χ1) is 9.29. The van der Waals surface area contributed by atoms with Crippen LogP contribution in [0.3, 0.4) is 0 Å².